The third kappa shape index (κ3) is 3.11. The lowest BCUT2D eigenvalue weighted by atomic mass is 10.2. The summed E-state index contributed by atoms with van der Waals surface area (Å²) in [5.74, 6) is 0.738. The third-order valence-corrected chi connectivity index (χ3v) is 4.06. The number of nitrogens with zero attached hydrogens (tertiary/aromatic N) is 6. The second-order valence-corrected chi connectivity index (χ2v) is 5.75. The second-order valence-electron chi connectivity index (χ2n) is 5.75. The molecular formula is C17H18N6O. The summed E-state index contributed by atoms with van der Waals surface area (Å²) in [6.45, 7) is 2.70. The van der Waals surface area contributed by atoms with E-state index in [2.05, 4.69) is 29.4 Å². The van der Waals surface area contributed by atoms with Gasteiger partial charge in [0.15, 0.2) is 0 Å². The van der Waals surface area contributed by atoms with Crippen molar-refractivity contribution in [3.8, 4) is 0 Å². The highest BCUT2D eigenvalue weighted by Gasteiger charge is 2.26. The predicted molar refractivity (Wildman–Crippen MR) is 88.2 cm³/mol. The van der Waals surface area contributed by atoms with E-state index in [1.807, 2.05) is 36.9 Å². The van der Waals surface area contributed by atoms with Gasteiger partial charge >= 0.3 is 0 Å². The molecule has 0 bridgehead atoms. The lowest BCUT2D eigenvalue weighted by Gasteiger charge is -2.34. The van der Waals surface area contributed by atoms with Crippen molar-refractivity contribution in [3.63, 3.8) is 0 Å². The monoisotopic (exact) mass is 322 g/mol. The fourth-order valence-electron chi connectivity index (χ4n) is 2.92. The van der Waals surface area contributed by atoms with Crippen molar-refractivity contribution in [2.24, 2.45) is 0 Å². The summed E-state index contributed by atoms with van der Waals surface area (Å²) in [5.41, 5.74) is 2.21. The van der Waals surface area contributed by atoms with Crippen LogP contribution >= 0.6 is 0 Å². The average molecular weight is 322 g/mol. The van der Waals surface area contributed by atoms with E-state index in [4.69, 9.17) is 4.74 Å². The molecule has 24 heavy (non-hydrogen) atoms. The molecule has 0 spiro atoms. The molecule has 0 unspecified atom stereocenters. The molecule has 3 aromatic heterocycles. The lowest BCUT2D eigenvalue weighted by molar-refractivity contribution is 0.0876. The SMILES string of the molecule is c1cnc(N2Cc3cncn3[C@H](COCc3cccnc3)C2)nc1. The Morgan fingerprint density at radius 1 is 1.08 bits per heavy atom. The Kier molecular flexibility index (Phi) is 4.16. The van der Waals surface area contributed by atoms with Gasteiger partial charge in [-0.05, 0) is 17.7 Å². The van der Waals surface area contributed by atoms with Gasteiger partial charge in [0.05, 0.1) is 37.8 Å². The van der Waals surface area contributed by atoms with Crippen LogP contribution in [0, 0.1) is 0 Å². The molecule has 7 heteroatoms. The minimum Gasteiger partial charge on any atom is -0.374 e. The molecule has 0 saturated carbocycles. The van der Waals surface area contributed by atoms with Crippen LogP contribution in [0.1, 0.15) is 17.3 Å². The van der Waals surface area contributed by atoms with Gasteiger partial charge in [0, 0.05) is 37.5 Å². The van der Waals surface area contributed by atoms with Gasteiger partial charge in [0.1, 0.15) is 0 Å². The van der Waals surface area contributed by atoms with Gasteiger partial charge in [-0.1, -0.05) is 6.07 Å². The normalized spacial score (nSPS) is 16.8. The second kappa shape index (κ2) is 6.76. The van der Waals surface area contributed by atoms with Crippen LogP contribution in [0.4, 0.5) is 5.95 Å². The minimum atomic E-state index is 0.178. The Morgan fingerprint density at radius 3 is 2.83 bits per heavy atom. The summed E-state index contributed by atoms with van der Waals surface area (Å²) >= 11 is 0. The van der Waals surface area contributed by atoms with Gasteiger partial charge in [0.25, 0.3) is 0 Å². The highest BCUT2D eigenvalue weighted by atomic mass is 16.5. The first-order valence-corrected chi connectivity index (χ1v) is 7.89. The summed E-state index contributed by atoms with van der Waals surface area (Å²) in [5, 5.41) is 0. The van der Waals surface area contributed by atoms with Crippen LogP contribution in [-0.2, 0) is 17.9 Å². The van der Waals surface area contributed by atoms with E-state index < -0.39 is 0 Å². The van der Waals surface area contributed by atoms with Crippen LogP contribution in [0.25, 0.3) is 0 Å². The quantitative estimate of drug-likeness (QED) is 0.714. The molecule has 0 radical (unpaired) electrons. The number of ether oxygens (including phenoxy) is 1. The van der Waals surface area contributed by atoms with Crippen LogP contribution < -0.4 is 4.90 Å². The Balaban J connectivity index is 1.46. The van der Waals surface area contributed by atoms with Crippen molar-refractivity contribution in [2.75, 3.05) is 18.1 Å². The molecule has 1 aliphatic rings. The zero-order valence-corrected chi connectivity index (χ0v) is 13.2. The molecule has 1 aliphatic heterocycles. The molecule has 122 valence electrons. The van der Waals surface area contributed by atoms with Crippen LogP contribution in [0.15, 0.2) is 55.5 Å². The Morgan fingerprint density at radius 2 is 2.00 bits per heavy atom. The topological polar surface area (TPSA) is 69.0 Å². The van der Waals surface area contributed by atoms with E-state index >= 15 is 0 Å². The first-order valence-electron chi connectivity index (χ1n) is 7.89. The van der Waals surface area contributed by atoms with E-state index in [0.29, 0.717) is 13.2 Å². The molecular weight excluding hydrogens is 304 g/mol. The van der Waals surface area contributed by atoms with Crippen LogP contribution in [0.2, 0.25) is 0 Å². The Labute approximate surface area is 140 Å². The third-order valence-electron chi connectivity index (χ3n) is 4.06. The smallest absolute Gasteiger partial charge is 0.225 e. The maximum Gasteiger partial charge on any atom is 0.225 e. The highest BCUT2D eigenvalue weighted by Crippen LogP contribution is 2.24. The molecule has 0 aromatic carbocycles. The molecule has 4 rings (SSSR count). The summed E-state index contributed by atoms with van der Waals surface area (Å²) in [7, 11) is 0. The first-order chi connectivity index (χ1) is 11.9. The van der Waals surface area contributed by atoms with Gasteiger partial charge < -0.3 is 14.2 Å². The lowest BCUT2D eigenvalue weighted by Crippen LogP contribution is -2.39. The molecule has 0 N–H and O–H groups in total. The molecule has 3 aromatic rings. The van der Waals surface area contributed by atoms with E-state index in [0.717, 1.165) is 30.3 Å². The summed E-state index contributed by atoms with van der Waals surface area (Å²) < 4.78 is 8.10. The fraction of sp³-hybridized carbons (Fsp3) is 0.294. The van der Waals surface area contributed by atoms with Crippen molar-refractivity contribution in [1.82, 2.24) is 24.5 Å². The molecule has 0 fully saturated rings. The number of aromatic nitrogens is 5. The van der Waals surface area contributed by atoms with E-state index in [1.54, 1.807) is 18.6 Å². The number of hydrogen-bond acceptors (Lipinski definition) is 6. The molecule has 7 nitrogen and oxygen atoms in total. The minimum absolute atomic E-state index is 0.178. The maximum atomic E-state index is 5.91. The van der Waals surface area contributed by atoms with Gasteiger partial charge in [-0.2, -0.15) is 0 Å². The van der Waals surface area contributed by atoms with Crippen molar-refractivity contribution in [2.45, 2.75) is 19.2 Å². The Hall–Kier alpha value is -2.80. The number of imidazole rings is 1. The van der Waals surface area contributed by atoms with E-state index in [9.17, 15) is 0 Å². The number of pyridine rings is 1. The predicted octanol–water partition coefficient (Wildman–Crippen LogP) is 1.85. The summed E-state index contributed by atoms with van der Waals surface area (Å²) in [6, 6.07) is 5.94. The molecule has 1 atom stereocenters. The number of anilines is 1. The van der Waals surface area contributed by atoms with Crippen molar-refractivity contribution in [1.29, 1.82) is 0 Å². The summed E-state index contributed by atoms with van der Waals surface area (Å²) in [6.07, 6.45) is 10.9. The van der Waals surface area contributed by atoms with Crippen molar-refractivity contribution < 1.29 is 4.74 Å². The molecule has 4 heterocycles. The zero-order valence-electron chi connectivity index (χ0n) is 13.2. The van der Waals surface area contributed by atoms with Gasteiger partial charge in [-0.15, -0.1) is 0 Å². The van der Waals surface area contributed by atoms with Gasteiger partial charge in [-0.25, -0.2) is 15.0 Å². The molecule has 0 amide bonds. The van der Waals surface area contributed by atoms with Gasteiger partial charge in [-0.3, -0.25) is 4.98 Å². The number of fused-ring (bicyclic) bond motifs is 1. The van der Waals surface area contributed by atoms with E-state index in [1.165, 1.54) is 0 Å². The highest BCUT2D eigenvalue weighted by molar-refractivity contribution is 5.32. The van der Waals surface area contributed by atoms with Crippen LogP contribution in [0.5, 0.6) is 0 Å². The number of rotatable bonds is 5. The zero-order chi connectivity index (χ0) is 16.2. The summed E-state index contributed by atoms with van der Waals surface area (Å²) in [4.78, 5) is 19.3. The average Bonchev–Trinajstić information content (AvgIpc) is 3.12. The first kappa shape index (κ1) is 14.8. The van der Waals surface area contributed by atoms with Crippen molar-refractivity contribution in [3.05, 3.63) is 66.8 Å². The van der Waals surface area contributed by atoms with Crippen LogP contribution in [-0.4, -0.2) is 37.7 Å². The maximum absolute atomic E-state index is 5.91. The van der Waals surface area contributed by atoms with Crippen molar-refractivity contribution >= 4 is 5.95 Å². The van der Waals surface area contributed by atoms with Crippen LogP contribution in [0.3, 0.4) is 0 Å². The fourth-order valence-corrected chi connectivity index (χ4v) is 2.92. The van der Waals surface area contributed by atoms with Gasteiger partial charge in [0.2, 0.25) is 5.95 Å². The van der Waals surface area contributed by atoms with E-state index in [-0.39, 0.29) is 6.04 Å². The number of hydrogen-bond donors (Lipinski definition) is 0. The Bertz CT molecular complexity index is 776. The standard InChI is InChI=1S/C17H18N6O/c1-3-14(7-18-4-1)11-24-12-16-10-22(17-20-5-2-6-21-17)9-15-8-19-13-23(15)16/h1-8,13,16H,9-12H2/t16-/m0/s1. The largest absolute Gasteiger partial charge is 0.374 e. The molecule has 0 aliphatic carbocycles. The molecule has 0 saturated heterocycles.